The zero-order valence-corrected chi connectivity index (χ0v) is 20.9. The van der Waals surface area contributed by atoms with Crippen LogP contribution in [-0.2, 0) is 33.7 Å². The Morgan fingerprint density at radius 3 is 2.14 bits per heavy atom. The van der Waals surface area contributed by atoms with Gasteiger partial charge in [0.25, 0.3) is 0 Å². The van der Waals surface area contributed by atoms with Crippen molar-refractivity contribution in [3.8, 4) is 0 Å². The van der Waals surface area contributed by atoms with Crippen LogP contribution < -0.4 is 5.32 Å². The Labute approximate surface area is 213 Å². The first-order valence-corrected chi connectivity index (χ1v) is 12.4. The summed E-state index contributed by atoms with van der Waals surface area (Å²) in [6.07, 6.45) is 1.33. The third-order valence-electron chi connectivity index (χ3n) is 5.70. The second-order valence-electron chi connectivity index (χ2n) is 8.36. The Balaban J connectivity index is 1.86. The molecule has 1 atom stereocenters. The second-order valence-corrected chi connectivity index (χ2v) is 8.79. The van der Waals surface area contributed by atoms with Gasteiger partial charge in [-0.15, -0.1) is 0 Å². The van der Waals surface area contributed by atoms with Crippen molar-refractivity contribution in [3.05, 3.63) is 107 Å². The van der Waals surface area contributed by atoms with Gasteiger partial charge in [-0.3, -0.25) is 9.59 Å². The average Bonchev–Trinajstić information content (AvgIpc) is 2.88. The molecular formula is C29H33ClN2O3. The summed E-state index contributed by atoms with van der Waals surface area (Å²) in [6, 6.07) is 26.2. The maximum Gasteiger partial charge on any atom is 0.243 e. The fourth-order valence-electron chi connectivity index (χ4n) is 3.86. The summed E-state index contributed by atoms with van der Waals surface area (Å²) < 4.78 is 5.39. The van der Waals surface area contributed by atoms with Crippen LogP contribution in [0.25, 0.3) is 0 Å². The van der Waals surface area contributed by atoms with Gasteiger partial charge in [0, 0.05) is 37.7 Å². The van der Waals surface area contributed by atoms with E-state index in [2.05, 4.69) is 5.32 Å². The first kappa shape index (κ1) is 26.5. The molecule has 0 saturated carbocycles. The molecule has 2 amide bonds. The van der Waals surface area contributed by atoms with E-state index in [-0.39, 0.29) is 18.2 Å². The SMILES string of the molecule is CCOCCCNC(=O)[C@@H](Cc1ccccc1)N(Cc1ccccc1)C(=O)Cc1ccc(Cl)cc1. The number of halogens is 1. The van der Waals surface area contributed by atoms with E-state index in [1.54, 1.807) is 17.0 Å². The molecule has 0 saturated heterocycles. The van der Waals surface area contributed by atoms with Gasteiger partial charge in [-0.2, -0.15) is 0 Å². The lowest BCUT2D eigenvalue weighted by molar-refractivity contribution is -0.140. The highest BCUT2D eigenvalue weighted by molar-refractivity contribution is 6.30. The van der Waals surface area contributed by atoms with Gasteiger partial charge in [0.15, 0.2) is 0 Å². The Hall–Kier alpha value is -3.15. The molecule has 0 radical (unpaired) electrons. The predicted molar refractivity (Wildman–Crippen MR) is 140 cm³/mol. The fraction of sp³-hybridized carbons (Fsp3) is 0.310. The molecule has 0 spiro atoms. The molecule has 6 heteroatoms. The van der Waals surface area contributed by atoms with Crippen molar-refractivity contribution in [2.75, 3.05) is 19.8 Å². The first-order valence-electron chi connectivity index (χ1n) is 12.0. The van der Waals surface area contributed by atoms with Gasteiger partial charge in [0.2, 0.25) is 11.8 Å². The molecule has 3 aromatic carbocycles. The molecule has 0 fully saturated rings. The van der Waals surface area contributed by atoms with Crippen molar-refractivity contribution in [1.82, 2.24) is 10.2 Å². The van der Waals surface area contributed by atoms with Crippen LogP contribution in [0.5, 0.6) is 0 Å². The summed E-state index contributed by atoms with van der Waals surface area (Å²) in [5.41, 5.74) is 2.83. The molecule has 0 aliphatic rings. The van der Waals surface area contributed by atoms with Gasteiger partial charge in [0.1, 0.15) is 6.04 Å². The minimum Gasteiger partial charge on any atom is -0.382 e. The van der Waals surface area contributed by atoms with Crippen molar-refractivity contribution >= 4 is 23.4 Å². The molecule has 0 aromatic heterocycles. The number of nitrogens with zero attached hydrogens (tertiary/aromatic N) is 1. The Morgan fingerprint density at radius 2 is 1.51 bits per heavy atom. The van der Waals surface area contributed by atoms with Crippen molar-refractivity contribution in [2.45, 2.75) is 38.8 Å². The van der Waals surface area contributed by atoms with Crippen molar-refractivity contribution in [1.29, 1.82) is 0 Å². The van der Waals surface area contributed by atoms with Crippen molar-refractivity contribution in [3.63, 3.8) is 0 Å². The largest absolute Gasteiger partial charge is 0.382 e. The lowest BCUT2D eigenvalue weighted by atomic mass is 10.0. The van der Waals surface area contributed by atoms with Crippen LogP contribution in [0.3, 0.4) is 0 Å². The first-order chi connectivity index (χ1) is 17.1. The predicted octanol–water partition coefficient (Wildman–Crippen LogP) is 5.07. The molecule has 0 bridgehead atoms. The lowest BCUT2D eigenvalue weighted by Crippen LogP contribution is -2.51. The molecule has 5 nitrogen and oxygen atoms in total. The number of amides is 2. The van der Waals surface area contributed by atoms with Gasteiger partial charge in [-0.25, -0.2) is 0 Å². The van der Waals surface area contributed by atoms with Gasteiger partial charge in [0.05, 0.1) is 6.42 Å². The average molecular weight is 493 g/mol. The third kappa shape index (κ3) is 8.85. The van der Waals surface area contributed by atoms with E-state index in [0.717, 1.165) is 23.1 Å². The number of hydrogen-bond donors (Lipinski definition) is 1. The van der Waals surface area contributed by atoms with Crippen molar-refractivity contribution in [2.24, 2.45) is 0 Å². The van der Waals surface area contributed by atoms with E-state index >= 15 is 0 Å². The van der Waals surface area contributed by atoms with Crippen LogP contribution in [0.2, 0.25) is 5.02 Å². The third-order valence-corrected chi connectivity index (χ3v) is 5.96. The highest BCUT2D eigenvalue weighted by Crippen LogP contribution is 2.17. The normalized spacial score (nSPS) is 11.6. The van der Waals surface area contributed by atoms with Gasteiger partial charge in [-0.05, 0) is 42.2 Å². The van der Waals surface area contributed by atoms with Gasteiger partial charge in [-0.1, -0.05) is 84.4 Å². The minimum absolute atomic E-state index is 0.110. The summed E-state index contributed by atoms with van der Waals surface area (Å²) in [4.78, 5) is 28.8. The van der Waals surface area contributed by atoms with E-state index in [1.165, 1.54) is 0 Å². The molecule has 3 rings (SSSR count). The maximum atomic E-state index is 13.6. The maximum absolute atomic E-state index is 13.6. The van der Waals surface area contributed by atoms with Gasteiger partial charge < -0.3 is 15.0 Å². The molecular weight excluding hydrogens is 460 g/mol. The number of hydrogen-bond acceptors (Lipinski definition) is 3. The zero-order chi connectivity index (χ0) is 24.9. The quantitative estimate of drug-likeness (QED) is 0.339. The van der Waals surface area contributed by atoms with Crippen LogP contribution in [0.1, 0.15) is 30.0 Å². The monoisotopic (exact) mass is 492 g/mol. The zero-order valence-electron chi connectivity index (χ0n) is 20.2. The van der Waals surface area contributed by atoms with Crippen LogP contribution in [-0.4, -0.2) is 42.5 Å². The molecule has 3 aromatic rings. The molecule has 1 N–H and O–H groups in total. The number of carbonyl (C=O) groups is 2. The van der Waals surface area contributed by atoms with Crippen LogP contribution in [0.15, 0.2) is 84.9 Å². The molecule has 0 aliphatic carbocycles. The van der Waals surface area contributed by atoms with E-state index in [1.807, 2.05) is 79.7 Å². The second kappa shape index (κ2) is 14.3. The summed E-state index contributed by atoms with van der Waals surface area (Å²) in [7, 11) is 0. The topological polar surface area (TPSA) is 58.6 Å². The number of ether oxygens (including phenoxy) is 1. The molecule has 0 aliphatic heterocycles. The Kier molecular flexibility index (Phi) is 10.8. The standard InChI is InChI=1S/C29H33ClN2O3/c1-2-35-19-9-18-31-29(34)27(20-23-10-5-3-6-11-23)32(22-25-12-7-4-8-13-25)28(33)21-24-14-16-26(30)17-15-24/h3-8,10-17,27H,2,9,18-22H2,1H3,(H,31,34)/t27-/m1/s1. The number of carbonyl (C=O) groups excluding carboxylic acids is 2. The highest BCUT2D eigenvalue weighted by Gasteiger charge is 2.30. The molecule has 184 valence electrons. The Morgan fingerprint density at radius 1 is 0.886 bits per heavy atom. The van der Waals surface area contributed by atoms with Crippen LogP contribution in [0, 0.1) is 0 Å². The summed E-state index contributed by atoms with van der Waals surface area (Å²) in [5.74, 6) is -0.271. The van der Waals surface area contributed by atoms with E-state index < -0.39 is 6.04 Å². The summed E-state index contributed by atoms with van der Waals surface area (Å²) in [6.45, 7) is 4.02. The number of rotatable bonds is 13. The van der Waals surface area contributed by atoms with Gasteiger partial charge >= 0.3 is 0 Å². The highest BCUT2D eigenvalue weighted by atomic mass is 35.5. The number of benzene rings is 3. The van der Waals surface area contributed by atoms with Crippen LogP contribution in [0.4, 0.5) is 0 Å². The number of nitrogens with one attached hydrogen (secondary N) is 1. The fourth-order valence-corrected chi connectivity index (χ4v) is 3.99. The molecule has 0 heterocycles. The van der Waals surface area contributed by atoms with E-state index in [9.17, 15) is 9.59 Å². The minimum atomic E-state index is -0.649. The van der Waals surface area contributed by atoms with Crippen LogP contribution >= 0.6 is 11.6 Å². The van der Waals surface area contributed by atoms with E-state index in [0.29, 0.717) is 37.7 Å². The molecule has 0 unspecified atom stereocenters. The summed E-state index contributed by atoms with van der Waals surface area (Å²) >= 11 is 6.02. The van der Waals surface area contributed by atoms with E-state index in [4.69, 9.17) is 16.3 Å². The molecule has 35 heavy (non-hydrogen) atoms. The Bertz CT molecular complexity index is 1040. The smallest absolute Gasteiger partial charge is 0.243 e. The van der Waals surface area contributed by atoms with Crippen molar-refractivity contribution < 1.29 is 14.3 Å². The lowest BCUT2D eigenvalue weighted by Gasteiger charge is -2.31. The summed E-state index contributed by atoms with van der Waals surface area (Å²) in [5, 5.41) is 3.65.